The maximum absolute atomic E-state index is 11.3. The van der Waals surface area contributed by atoms with Crippen LogP contribution in [0.15, 0.2) is 18.2 Å². The number of aliphatic hydroxyl groups excluding tert-OH is 1. The molecule has 0 saturated carbocycles. The minimum Gasteiger partial charge on any atom is -0.396 e. The summed E-state index contributed by atoms with van der Waals surface area (Å²) in [7, 11) is 0. The molecule has 1 fully saturated rings. The molecule has 2 rings (SSSR count). The van der Waals surface area contributed by atoms with Crippen LogP contribution in [-0.4, -0.2) is 35.5 Å². The molecule has 6 heteroatoms. The molecule has 1 heterocycles. The number of ketones is 1. The fourth-order valence-corrected chi connectivity index (χ4v) is 2.59. The van der Waals surface area contributed by atoms with Crippen molar-refractivity contribution >= 4 is 17.2 Å². The molecule has 6 nitrogen and oxygen atoms in total. The van der Waals surface area contributed by atoms with E-state index in [-0.39, 0.29) is 24.0 Å². The molecule has 0 radical (unpaired) electrons. The lowest BCUT2D eigenvalue weighted by Crippen LogP contribution is -2.37. The minimum absolute atomic E-state index is 0.0451. The van der Waals surface area contributed by atoms with Gasteiger partial charge in [-0.25, -0.2) is 0 Å². The van der Waals surface area contributed by atoms with Gasteiger partial charge >= 0.3 is 0 Å². The van der Waals surface area contributed by atoms with Gasteiger partial charge in [0.2, 0.25) is 0 Å². The van der Waals surface area contributed by atoms with Gasteiger partial charge in [0.1, 0.15) is 5.69 Å². The summed E-state index contributed by atoms with van der Waals surface area (Å²) in [4.78, 5) is 24.0. The van der Waals surface area contributed by atoms with E-state index in [2.05, 4.69) is 0 Å². The summed E-state index contributed by atoms with van der Waals surface area (Å²) in [6.07, 6.45) is 1.84. The molecule has 0 aromatic heterocycles. The number of nitro benzene ring substituents is 1. The summed E-state index contributed by atoms with van der Waals surface area (Å²) in [6, 6.07) is 4.59. The zero-order valence-corrected chi connectivity index (χ0v) is 11.4. The molecule has 1 aromatic carbocycles. The number of benzene rings is 1. The van der Waals surface area contributed by atoms with E-state index in [0.29, 0.717) is 17.8 Å². The third kappa shape index (κ3) is 2.96. The molecule has 1 aliphatic rings. The van der Waals surface area contributed by atoms with Gasteiger partial charge in [0, 0.05) is 31.3 Å². The minimum atomic E-state index is -0.454. The first-order valence-electron chi connectivity index (χ1n) is 6.68. The Hall–Kier alpha value is -1.95. The van der Waals surface area contributed by atoms with Gasteiger partial charge in [0.15, 0.2) is 5.78 Å². The van der Waals surface area contributed by atoms with Crippen LogP contribution in [0.25, 0.3) is 0 Å². The van der Waals surface area contributed by atoms with Crippen LogP contribution in [0.2, 0.25) is 0 Å². The smallest absolute Gasteiger partial charge is 0.293 e. The normalized spacial score (nSPS) is 18.9. The maximum atomic E-state index is 11.3. The molecule has 0 amide bonds. The van der Waals surface area contributed by atoms with Crippen molar-refractivity contribution in [1.82, 2.24) is 0 Å². The molecule has 0 unspecified atom stereocenters. The van der Waals surface area contributed by atoms with Crippen LogP contribution < -0.4 is 4.90 Å². The van der Waals surface area contributed by atoms with Gasteiger partial charge in [-0.05, 0) is 37.8 Å². The van der Waals surface area contributed by atoms with Gasteiger partial charge in [0.25, 0.3) is 5.69 Å². The third-order valence-corrected chi connectivity index (χ3v) is 3.70. The fraction of sp³-hybridized carbons (Fsp3) is 0.500. The second kappa shape index (κ2) is 6.00. The standard InChI is InChI=1S/C14H18N2O4/c1-10(18)12-4-5-13(14(7-12)16(19)20)15-6-2-3-11(8-15)9-17/h4-5,7,11,17H,2-3,6,8-9H2,1H3/t11-/m0/s1. The number of nitrogens with zero attached hydrogens (tertiary/aromatic N) is 2. The van der Waals surface area contributed by atoms with Crippen LogP contribution in [0, 0.1) is 16.0 Å². The summed E-state index contributed by atoms with van der Waals surface area (Å²) in [5.41, 5.74) is 0.825. The second-order valence-electron chi connectivity index (χ2n) is 5.15. The van der Waals surface area contributed by atoms with E-state index < -0.39 is 4.92 Å². The molecule has 0 spiro atoms. The first kappa shape index (κ1) is 14.5. The van der Waals surface area contributed by atoms with E-state index in [1.165, 1.54) is 13.0 Å². The molecule has 1 atom stereocenters. The Labute approximate surface area is 117 Å². The second-order valence-corrected chi connectivity index (χ2v) is 5.15. The summed E-state index contributed by atoms with van der Waals surface area (Å²) in [5, 5.41) is 20.5. The van der Waals surface area contributed by atoms with E-state index in [9.17, 15) is 20.0 Å². The number of carbonyl (C=O) groups excluding carboxylic acids is 1. The van der Waals surface area contributed by atoms with E-state index in [1.807, 2.05) is 4.90 Å². The Kier molecular flexibility index (Phi) is 4.34. The zero-order chi connectivity index (χ0) is 14.7. The van der Waals surface area contributed by atoms with Crippen molar-refractivity contribution in [3.63, 3.8) is 0 Å². The first-order valence-corrected chi connectivity index (χ1v) is 6.68. The predicted molar refractivity (Wildman–Crippen MR) is 75.1 cm³/mol. The molecule has 1 N–H and O–H groups in total. The lowest BCUT2D eigenvalue weighted by Gasteiger charge is -2.33. The highest BCUT2D eigenvalue weighted by molar-refractivity contribution is 5.95. The average molecular weight is 278 g/mol. The van der Waals surface area contributed by atoms with Gasteiger partial charge in [-0.15, -0.1) is 0 Å². The number of hydrogen-bond donors (Lipinski definition) is 1. The highest BCUT2D eigenvalue weighted by Crippen LogP contribution is 2.32. The molecular formula is C14H18N2O4. The molecule has 0 aliphatic carbocycles. The van der Waals surface area contributed by atoms with Crippen molar-refractivity contribution in [2.24, 2.45) is 5.92 Å². The predicted octanol–water partition coefficient (Wildman–Crippen LogP) is 2.01. The van der Waals surface area contributed by atoms with Crippen LogP contribution in [0.4, 0.5) is 11.4 Å². The van der Waals surface area contributed by atoms with Crippen molar-refractivity contribution in [1.29, 1.82) is 0 Å². The largest absolute Gasteiger partial charge is 0.396 e. The molecule has 20 heavy (non-hydrogen) atoms. The van der Waals surface area contributed by atoms with E-state index >= 15 is 0 Å². The summed E-state index contributed by atoms with van der Waals surface area (Å²) in [5.74, 6) is -0.0395. The lowest BCUT2D eigenvalue weighted by atomic mass is 9.98. The Morgan fingerprint density at radius 3 is 2.90 bits per heavy atom. The van der Waals surface area contributed by atoms with E-state index in [0.717, 1.165) is 19.4 Å². The van der Waals surface area contributed by atoms with Gasteiger partial charge in [-0.2, -0.15) is 0 Å². The summed E-state index contributed by atoms with van der Waals surface area (Å²) in [6.45, 7) is 2.82. The number of anilines is 1. The number of piperidine rings is 1. The van der Waals surface area contributed by atoms with Crippen molar-refractivity contribution < 1.29 is 14.8 Å². The highest BCUT2D eigenvalue weighted by atomic mass is 16.6. The zero-order valence-electron chi connectivity index (χ0n) is 11.4. The van der Waals surface area contributed by atoms with Crippen LogP contribution in [0.5, 0.6) is 0 Å². The van der Waals surface area contributed by atoms with Gasteiger partial charge in [0.05, 0.1) is 4.92 Å². The SMILES string of the molecule is CC(=O)c1ccc(N2CCC[C@H](CO)C2)c([N+](=O)[O-])c1. The first-order chi connectivity index (χ1) is 9.52. The molecule has 1 saturated heterocycles. The quantitative estimate of drug-likeness (QED) is 0.517. The van der Waals surface area contributed by atoms with Crippen molar-refractivity contribution in [2.45, 2.75) is 19.8 Å². The number of nitro groups is 1. The number of Topliss-reactive ketones (excluding diaryl/α,β-unsaturated/α-hetero) is 1. The average Bonchev–Trinajstić information content (AvgIpc) is 2.46. The summed E-state index contributed by atoms with van der Waals surface area (Å²) >= 11 is 0. The molecular weight excluding hydrogens is 260 g/mol. The third-order valence-electron chi connectivity index (χ3n) is 3.70. The molecule has 0 bridgehead atoms. The Morgan fingerprint density at radius 1 is 1.55 bits per heavy atom. The van der Waals surface area contributed by atoms with Gasteiger partial charge in [-0.1, -0.05) is 0 Å². The monoisotopic (exact) mass is 278 g/mol. The number of aliphatic hydroxyl groups is 1. The summed E-state index contributed by atoms with van der Waals surface area (Å²) < 4.78 is 0. The van der Waals surface area contributed by atoms with E-state index in [4.69, 9.17) is 0 Å². The van der Waals surface area contributed by atoms with Crippen LogP contribution in [0.1, 0.15) is 30.1 Å². The maximum Gasteiger partial charge on any atom is 0.293 e. The van der Waals surface area contributed by atoms with Crippen LogP contribution in [-0.2, 0) is 0 Å². The van der Waals surface area contributed by atoms with Gasteiger partial charge in [-0.3, -0.25) is 14.9 Å². The van der Waals surface area contributed by atoms with Crippen molar-refractivity contribution in [3.8, 4) is 0 Å². The van der Waals surface area contributed by atoms with Crippen LogP contribution in [0.3, 0.4) is 0 Å². The fourth-order valence-electron chi connectivity index (χ4n) is 2.59. The van der Waals surface area contributed by atoms with Crippen molar-refractivity contribution in [2.75, 3.05) is 24.6 Å². The number of carbonyl (C=O) groups is 1. The lowest BCUT2D eigenvalue weighted by molar-refractivity contribution is -0.384. The Morgan fingerprint density at radius 2 is 2.30 bits per heavy atom. The van der Waals surface area contributed by atoms with Crippen LogP contribution >= 0.6 is 0 Å². The topological polar surface area (TPSA) is 83.7 Å². The number of hydrogen-bond acceptors (Lipinski definition) is 5. The highest BCUT2D eigenvalue weighted by Gasteiger charge is 2.25. The van der Waals surface area contributed by atoms with Crippen molar-refractivity contribution in [3.05, 3.63) is 33.9 Å². The molecule has 1 aliphatic heterocycles. The molecule has 1 aromatic rings. The molecule has 108 valence electrons. The van der Waals surface area contributed by atoms with E-state index in [1.54, 1.807) is 12.1 Å². The Balaban J connectivity index is 2.35. The van der Waals surface area contributed by atoms with Gasteiger partial charge < -0.3 is 10.0 Å². The Bertz CT molecular complexity index is 530. The number of rotatable bonds is 4.